The summed E-state index contributed by atoms with van der Waals surface area (Å²) in [6.07, 6.45) is 2.96. The van der Waals surface area contributed by atoms with Gasteiger partial charge in [-0.1, -0.05) is 0 Å². The standard InChI is InChI=1S/C10H14N4O2/c11-9-8-1-3-14(5-7(16)2-4-15)10(8)13-6-12-9/h1,3,6-7,15-16H,2,4-5H2,(H2,11,12,13)/t7-/m0/s1. The van der Waals surface area contributed by atoms with Crippen molar-refractivity contribution in [3.8, 4) is 0 Å². The lowest BCUT2D eigenvalue weighted by atomic mass is 10.2. The molecule has 4 N–H and O–H groups in total. The summed E-state index contributed by atoms with van der Waals surface area (Å²) >= 11 is 0. The highest BCUT2D eigenvalue weighted by Crippen LogP contribution is 2.17. The Morgan fingerprint density at radius 1 is 1.44 bits per heavy atom. The van der Waals surface area contributed by atoms with Crippen LogP contribution < -0.4 is 5.73 Å². The zero-order valence-electron chi connectivity index (χ0n) is 8.74. The Morgan fingerprint density at radius 2 is 2.25 bits per heavy atom. The molecule has 1 atom stereocenters. The molecule has 16 heavy (non-hydrogen) atoms. The van der Waals surface area contributed by atoms with Crippen molar-refractivity contribution in [2.45, 2.75) is 19.1 Å². The van der Waals surface area contributed by atoms with Crippen molar-refractivity contribution in [3.05, 3.63) is 18.6 Å². The zero-order chi connectivity index (χ0) is 11.5. The van der Waals surface area contributed by atoms with E-state index in [1.165, 1.54) is 6.33 Å². The van der Waals surface area contributed by atoms with Gasteiger partial charge >= 0.3 is 0 Å². The van der Waals surface area contributed by atoms with Gasteiger partial charge in [0.25, 0.3) is 0 Å². The minimum Gasteiger partial charge on any atom is -0.396 e. The second-order valence-corrected chi connectivity index (χ2v) is 3.63. The second-order valence-electron chi connectivity index (χ2n) is 3.63. The Hall–Kier alpha value is -1.66. The summed E-state index contributed by atoms with van der Waals surface area (Å²) in [4.78, 5) is 8.00. The molecule has 0 saturated carbocycles. The van der Waals surface area contributed by atoms with E-state index < -0.39 is 6.10 Å². The molecule has 0 aliphatic rings. The van der Waals surface area contributed by atoms with Crippen LogP contribution in [0.15, 0.2) is 18.6 Å². The van der Waals surface area contributed by atoms with Crippen molar-refractivity contribution in [3.63, 3.8) is 0 Å². The average Bonchev–Trinajstić information content (AvgIpc) is 2.64. The highest BCUT2D eigenvalue weighted by Gasteiger charge is 2.09. The van der Waals surface area contributed by atoms with Gasteiger partial charge in [-0.3, -0.25) is 0 Å². The monoisotopic (exact) mass is 222 g/mol. The zero-order valence-corrected chi connectivity index (χ0v) is 8.74. The van der Waals surface area contributed by atoms with E-state index in [0.717, 1.165) is 5.39 Å². The van der Waals surface area contributed by atoms with Crippen molar-refractivity contribution >= 4 is 16.9 Å². The molecule has 2 aromatic heterocycles. The first-order valence-electron chi connectivity index (χ1n) is 5.06. The Bertz CT molecular complexity index is 483. The Labute approximate surface area is 92.4 Å². The number of aromatic nitrogens is 3. The van der Waals surface area contributed by atoms with Crippen LogP contribution in [0.4, 0.5) is 5.82 Å². The summed E-state index contributed by atoms with van der Waals surface area (Å²) in [7, 11) is 0. The summed E-state index contributed by atoms with van der Waals surface area (Å²) in [5.41, 5.74) is 6.39. The van der Waals surface area contributed by atoms with E-state index in [-0.39, 0.29) is 6.61 Å². The third kappa shape index (κ3) is 1.98. The molecule has 6 nitrogen and oxygen atoms in total. The van der Waals surface area contributed by atoms with Gasteiger partial charge in [0, 0.05) is 12.8 Å². The van der Waals surface area contributed by atoms with E-state index in [2.05, 4.69) is 9.97 Å². The van der Waals surface area contributed by atoms with Crippen molar-refractivity contribution in [1.29, 1.82) is 0 Å². The smallest absolute Gasteiger partial charge is 0.145 e. The second kappa shape index (κ2) is 4.46. The number of anilines is 1. The van der Waals surface area contributed by atoms with E-state index in [1.807, 2.05) is 6.07 Å². The van der Waals surface area contributed by atoms with Gasteiger partial charge in [0.05, 0.1) is 18.0 Å². The summed E-state index contributed by atoms with van der Waals surface area (Å²) in [5.74, 6) is 0.431. The number of aliphatic hydroxyl groups is 2. The Kier molecular flexibility index (Phi) is 3.02. The molecule has 0 fully saturated rings. The first-order chi connectivity index (χ1) is 7.72. The van der Waals surface area contributed by atoms with E-state index in [4.69, 9.17) is 10.8 Å². The molecule has 2 heterocycles. The third-order valence-corrected chi connectivity index (χ3v) is 2.46. The largest absolute Gasteiger partial charge is 0.396 e. The van der Waals surface area contributed by atoms with Crippen molar-refractivity contribution in [1.82, 2.24) is 14.5 Å². The first kappa shape index (κ1) is 10.8. The summed E-state index contributed by atoms with van der Waals surface area (Å²) in [6.45, 7) is 0.359. The third-order valence-electron chi connectivity index (χ3n) is 2.46. The van der Waals surface area contributed by atoms with Crippen LogP contribution in [0.1, 0.15) is 6.42 Å². The molecule has 6 heteroatoms. The molecular formula is C10H14N4O2. The van der Waals surface area contributed by atoms with Gasteiger partial charge in [-0.2, -0.15) is 0 Å². The summed E-state index contributed by atoms with van der Waals surface area (Å²) in [5, 5.41) is 19.1. The van der Waals surface area contributed by atoms with E-state index in [1.54, 1.807) is 10.8 Å². The maximum absolute atomic E-state index is 9.59. The molecule has 0 unspecified atom stereocenters. The van der Waals surface area contributed by atoms with Crippen LogP contribution in [0.25, 0.3) is 11.0 Å². The maximum atomic E-state index is 9.59. The van der Waals surface area contributed by atoms with Crippen LogP contribution in [0.5, 0.6) is 0 Å². The van der Waals surface area contributed by atoms with Crippen molar-refractivity contribution < 1.29 is 10.2 Å². The number of aliphatic hydroxyl groups excluding tert-OH is 2. The molecule has 2 rings (SSSR count). The van der Waals surface area contributed by atoms with Gasteiger partial charge in [-0.05, 0) is 12.5 Å². The fraction of sp³-hybridized carbons (Fsp3) is 0.400. The quantitative estimate of drug-likeness (QED) is 0.663. The number of hydrogen-bond acceptors (Lipinski definition) is 5. The summed E-state index contributed by atoms with van der Waals surface area (Å²) in [6, 6.07) is 1.82. The molecule has 0 amide bonds. The molecule has 2 aromatic rings. The highest BCUT2D eigenvalue weighted by atomic mass is 16.3. The molecule has 0 aromatic carbocycles. The van der Waals surface area contributed by atoms with E-state index in [0.29, 0.717) is 24.4 Å². The van der Waals surface area contributed by atoms with Gasteiger partial charge in [0.2, 0.25) is 0 Å². The van der Waals surface area contributed by atoms with Gasteiger partial charge in [0.15, 0.2) is 0 Å². The lowest BCUT2D eigenvalue weighted by Crippen LogP contribution is -2.17. The minimum absolute atomic E-state index is 0.0303. The van der Waals surface area contributed by atoms with E-state index >= 15 is 0 Å². The predicted octanol–water partition coefficient (Wildman–Crippen LogP) is -0.243. The molecular weight excluding hydrogens is 208 g/mol. The number of fused-ring (bicyclic) bond motifs is 1. The molecule has 0 bridgehead atoms. The Balaban J connectivity index is 2.28. The maximum Gasteiger partial charge on any atom is 0.145 e. The van der Waals surface area contributed by atoms with Crippen LogP contribution in [0.2, 0.25) is 0 Å². The van der Waals surface area contributed by atoms with Gasteiger partial charge in [-0.25, -0.2) is 9.97 Å². The SMILES string of the molecule is Nc1ncnc2c1ccn2C[C@@H](O)CCO. The highest BCUT2D eigenvalue weighted by molar-refractivity contribution is 5.85. The first-order valence-corrected chi connectivity index (χ1v) is 5.06. The molecule has 0 radical (unpaired) electrons. The van der Waals surface area contributed by atoms with Crippen LogP contribution >= 0.6 is 0 Å². The number of hydrogen-bond donors (Lipinski definition) is 3. The topological polar surface area (TPSA) is 97.2 Å². The number of nitrogens with zero attached hydrogens (tertiary/aromatic N) is 3. The van der Waals surface area contributed by atoms with Crippen molar-refractivity contribution in [2.24, 2.45) is 0 Å². The fourth-order valence-corrected chi connectivity index (χ4v) is 1.64. The van der Waals surface area contributed by atoms with Gasteiger partial charge in [0.1, 0.15) is 17.8 Å². The van der Waals surface area contributed by atoms with Gasteiger partial charge < -0.3 is 20.5 Å². The van der Waals surface area contributed by atoms with E-state index in [9.17, 15) is 5.11 Å². The molecule has 0 spiro atoms. The predicted molar refractivity (Wildman–Crippen MR) is 59.7 cm³/mol. The van der Waals surface area contributed by atoms with Crippen LogP contribution in [-0.4, -0.2) is 37.5 Å². The number of nitrogen functional groups attached to an aromatic ring is 1. The number of nitrogens with two attached hydrogens (primary N) is 1. The minimum atomic E-state index is -0.586. The van der Waals surface area contributed by atoms with Crippen molar-refractivity contribution in [2.75, 3.05) is 12.3 Å². The fourth-order valence-electron chi connectivity index (χ4n) is 1.64. The van der Waals surface area contributed by atoms with Crippen LogP contribution in [0, 0.1) is 0 Å². The van der Waals surface area contributed by atoms with Gasteiger partial charge in [-0.15, -0.1) is 0 Å². The lowest BCUT2D eigenvalue weighted by Gasteiger charge is -2.10. The number of rotatable bonds is 4. The Morgan fingerprint density at radius 3 is 3.00 bits per heavy atom. The molecule has 86 valence electrons. The average molecular weight is 222 g/mol. The normalized spacial score (nSPS) is 13.1. The molecule has 0 aliphatic heterocycles. The van der Waals surface area contributed by atoms with Crippen LogP contribution in [0.3, 0.4) is 0 Å². The lowest BCUT2D eigenvalue weighted by molar-refractivity contribution is 0.118. The molecule has 0 aliphatic carbocycles. The van der Waals surface area contributed by atoms with Crippen LogP contribution in [-0.2, 0) is 6.54 Å². The summed E-state index contributed by atoms with van der Waals surface area (Å²) < 4.78 is 1.80. The molecule has 0 saturated heterocycles.